The Morgan fingerprint density at radius 3 is 2.81 bits per heavy atom. The first-order valence-corrected chi connectivity index (χ1v) is 6.45. The van der Waals surface area contributed by atoms with Gasteiger partial charge < -0.3 is 15.0 Å². The van der Waals surface area contributed by atoms with E-state index in [4.69, 9.17) is 0 Å². The molecule has 1 aromatic carbocycles. The van der Waals surface area contributed by atoms with Crippen molar-refractivity contribution in [2.24, 2.45) is 0 Å². The van der Waals surface area contributed by atoms with Gasteiger partial charge in [-0.1, -0.05) is 19.1 Å². The fourth-order valence-electron chi connectivity index (χ4n) is 1.92. The zero-order valence-electron chi connectivity index (χ0n) is 11.3. The largest absolute Gasteiger partial charge is 0.434 e. The lowest BCUT2D eigenvalue weighted by atomic mass is 10.1. The summed E-state index contributed by atoms with van der Waals surface area (Å²) in [7, 11) is 0. The molecule has 0 fully saturated rings. The Bertz CT molecular complexity index is 588. The Morgan fingerprint density at radius 2 is 2.19 bits per heavy atom. The number of carbonyl (C=O) groups excluding carboxylic acids is 1. The minimum atomic E-state index is -2.98. The van der Waals surface area contributed by atoms with Crippen LogP contribution in [0.1, 0.15) is 35.6 Å². The number of benzene rings is 1. The number of aromatic nitrogens is 2. The van der Waals surface area contributed by atoms with Gasteiger partial charge in [-0.05, 0) is 18.6 Å². The van der Waals surface area contributed by atoms with Crippen LogP contribution in [-0.4, -0.2) is 22.5 Å². The summed E-state index contributed by atoms with van der Waals surface area (Å²) in [6, 6.07) is 5.54. The highest BCUT2D eigenvalue weighted by Gasteiger charge is 2.19. The van der Waals surface area contributed by atoms with Crippen molar-refractivity contribution in [2.45, 2.75) is 26.0 Å². The van der Waals surface area contributed by atoms with Crippen LogP contribution in [0.3, 0.4) is 0 Å². The molecule has 5 nitrogen and oxygen atoms in total. The van der Waals surface area contributed by atoms with E-state index in [9.17, 15) is 13.6 Å². The normalized spacial score (nSPS) is 12.2. The Kier molecular flexibility index (Phi) is 4.86. The van der Waals surface area contributed by atoms with E-state index < -0.39 is 12.5 Å². The van der Waals surface area contributed by atoms with E-state index in [0.717, 1.165) is 0 Å². The van der Waals surface area contributed by atoms with Gasteiger partial charge in [-0.3, -0.25) is 4.79 Å². The van der Waals surface area contributed by atoms with Crippen LogP contribution in [0.2, 0.25) is 0 Å². The van der Waals surface area contributed by atoms with Gasteiger partial charge in [0, 0.05) is 12.4 Å². The second-order valence-corrected chi connectivity index (χ2v) is 4.28. The number of alkyl halides is 2. The number of halogens is 2. The summed E-state index contributed by atoms with van der Waals surface area (Å²) in [6.45, 7) is -1.10. The van der Waals surface area contributed by atoms with Gasteiger partial charge in [-0.2, -0.15) is 8.78 Å². The smallest absolute Gasteiger partial charge is 0.387 e. The number of aromatic amines is 1. The Balaban J connectivity index is 2.16. The lowest BCUT2D eigenvalue weighted by molar-refractivity contribution is -0.0501. The molecule has 1 heterocycles. The molecule has 21 heavy (non-hydrogen) atoms. The number of H-pyrrole nitrogens is 1. The van der Waals surface area contributed by atoms with Crippen LogP contribution in [0.25, 0.3) is 0 Å². The number of rotatable bonds is 6. The number of ether oxygens (including phenoxy) is 1. The van der Waals surface area contributed by atoms with E-state index in [1.807, 2.05) is 6.92 Å². The summed E-state index contributed by atoms with van der Waals surface area (Å²) in [5.41, 5.74) is 0.0582. The van der Waals surface area contributed by atoms with Gasteiger partial charge in [0.2, 0.25) is 0 Å². The van der Waals surface area contributed by atoms with Crippen molar-refractivity contribution in [1.82, 2.24) is 15.3 Å². The number of para-hydroxylation sites is 1. The quantitative estimate of drug-likeness (QED) is 0.861. The number of hydrogen-bond donors (Lipinski definition) is 2. The van der Waals surface area contributed by atoms with Crippen molar-refractivity contribution in [3.63, 3.8) is 0 Å². The van der Waals surface area contributed by atoms with Crippen LogP contribution in [0, 0.1) is 0 Å². The first-order chi connectivity index (χ1) is 10.1. The molecule has 0 radical (unpaired) electrons. The molecule has 2 rings (SSSR count). The summed E-state index contributed by atoms with van der Waals surface area (Å²) < 4.78 is 29.0. The molecule has 1 amide bonds. The topological polar surface area (TPSA) is 67.0 Å². The fraction of sp³-hybridized carbons (Fsp3) is 0.286. The number of hydrogen-bond acceptors (Lipinski definition) is 3. The molecule has 0 aliphatic heterocycles. The standard InChI is InChI=1S/C14H15F2N3O2/c1-2-10(12-17-7-8-18-12)19-13(20)9-5-3-4-6-11(9)21-14(15)16/h3-8,10,14H,2H2,1H3,(H,17,18)(H,19,20). The summed E-state index contributed by atoms with van der Waals surface area (Å²) in [4.78, 5) is 19.2. The molecular weight excluding hydrogens is 280 g/mol. The molecular formula is C14H15F2N3O2. The van der Waals surface area contributed by atoms with Gasteiger partial charge in [0.15, 0.2) is 0 Å². The third-order valence-electron chi connectivity index (χ3n) is 2.91. The molecule has 0 bridgehead atoms. The Hall–Kier alpha value is -2.44. The van der Waals surface area contributed by atoms with Crippen LogP contribution in [0.15, 0.2) is 36.7 Å². The minimum absolute atomic E-state index is 0.0582. The lowest BCUT2D eigenvalue weighted by Crippen LogP contribution is -2.29. The van der Waals surface area contributed by atoms with E-state index in [0.29, 0.717) is 12.2 Å². The number of imidazole rings is 1. The van der Waals surface area contributed by atoms with Gasteiger partial charge in [0.05, 0.1) is 11.6 Å². The maximum absolute atomic E-state index is 12.3. The molecule has 1 unspecified atom stereocenters. The average Bonchev–Trinajstić information content (AvgIpc) is 2.98. The Morgan fingerprint density at radius 1 is 1.43 bits per heavy atom. The number of nitrogens with zero attached hydrogens (tertiary/aromatic N) is 1. The zero-order chi connectivity index (χ0) is 15.2. The highest BCUT2D eigenvalue weighted by Crippen LogP contribution is 2.21. The maximum Gasteiger partial charge on any atom is 0.387 e. The minimum Gasteiger partial charge on any atom is -0.434 e. The fourth-order valence-corrected chi connectivity index (χ4v) is 1.92. The van der Waals surface area contributed by atoms with Gasteiger partial charge in [0.25, 0.3) is 5.91 Å². The van der Waals surface area contributed by atoms with Crippen LogP contribution in [0.5, 0.6) is 5.75 Å². The molecule has 2 N–H and O–H groups in total. The van der Waals surface area contributed by atoms with Gasteiger partial charge >= 0.3 is 6.61 Å². The molecule has 1 aromatic heterocycles. The van der Waals surface area contributed by atoms with Gasteiger partial charge in [-0.25, -0.2) is 4.98 Å². The molecule has 0 saturated heterocycles. The van der Waals surface area contributed by atoms with E-state index in [1.165, 1.54) is 18.2 Å². The van der Waals surface area contributed by atoms with Crippen molar-refractivity contribution in [3.05, 3.63) is 48.0 Å². The number of nitrogens with one attached hydrogen (secondary N) is 2. The van der Waals surface area contributed by atoms with Gasteiger partial charge in [0.1, 0.15) is 11.6 Å². The van der Waals surface area contributed by atoms with E-state index >= 15 is 0 Å². The highest BCUT2D eigenvalue weighted by molar-refractivity contribution is 5.97. The van der Waals surface area contributed by atoms with E-state index in [-0.39, 0.29) is 17.4 Å². The van der Waals surface area contributed by atoms with Gasteiger partial charge in [-0.15, -0.1) is 0 Å². The van der Waals surface area contributed by atoms with Crippen molar-refractivity contribution in [2.75, 3.05) is 0 Å². The summed E-state index contributed by atoms with van der Waals surface area (Å²) >= 11 is 0. The maximum atomic E-state index is 12.3. The van der Waals surface area contributed by atoms with Crippen molar-refractivity contribution < 1.29 is 18.3 Å². The molecule has 112 valence electrons. The lowest BCUT2D eigenvalue weighted by Gasteiger charge is -2.16. The van der Waals surface area contributed by atoms with Crippen LogP contribution in [0.4, 0.5) is 8.78 Å². The van der Waals surface area contributed by atoms with E-state index in [2.05, 4.69) is 20.0 Å². The summed E-state index contributed by atoms with van der Waals surface area (Å²) in [6.07, 6.45) is 3.84. The van der Waals surface area contributed by atoms with Crippen LogP contribution < -0.4 is 10.1 Å². The van der Waals surface area contributed by atoms with Crippen molar-refractivity contribution in [1.29, 1.82) is 0 Å². The SMILES string of the molecule is CCC(NC(=O)c1ccccc1OC(F)F)c1ncc[nH]1. The van der Waals surface area contributed by atoms with Crippen LogP contribution in [-0.2, 0) is 0 Å². The number of amides is 1. The molecule has 7 heteroatoms. The Labute approximate surface area is 120 Å². The molecule has 0 aliphatic carbocycles. The number of carbonyl (C=O) groups is 1. The predicted molar refractivity (Wildman–Crippen MR) is 72.2 cm³/mol. The monoisotopic (exact) mass is 295 g/mol. The molecule has 0 aliphatic rings. The predicted octanol–water partition coefficient (Wildman–Crippen LogP) is 2.89. The first kappa shape index (κ1) is 15.0. The van der Waals surface area contributed by atoms with E-state index in [1.54, 1.807) is 18.5 Å². The third-order valence-corrected chi connectivity index (χ3v) is 2.91. The molecule has 0 saturated carbocycles. The average molecular weight is 295 g/mol. The second kappa shape index (κ2) is 6.83. The molecule has 0 spiro atoms. The molecule has 2 aromatic rings. The highest BCUT2D eigenvalue weighted by atomic mass is 19.3. The third kappa shape index (κ3) is 3.77. The van der Waals surface area contributed by atoms with Crippen molar-refractivity contribution >= 4 is 5.91 Å². The summed E-state index contributed by atoms with van der Waals surface area (Å²) in [5.74, 6) is -0.0353. The van der Waals surface area contributed by atoms with Crippen molar-refractivity contribution in [3.8, 4) is 5.75 Å². The summed E-state index contributed by atoms with van der Waals surface area (Å²) in [5, 5.41) is 2.74. The molecule has 1 atom stereocenters. The van der Waals surface area contributed by atoms with Crippen LogP contribution >= 0.6 is 0 Å². The zero-order valence-corrected chi connectivity index (χ0v) is 11.3. The first-order valence-electron chi connectivity index (χ1n) is 6.45. The second-order valence-electron chi connectivity index (χ2n) is 4.28.